The third-order valence-electron chi connectivity index (χ3n) is 4.22. The average molecular weight is 370 g/mol. The smallest absolute Gasteiger partial charge is 0.319 e. The number of ether oxygens (including phenoxy) is 1. The molecule has 1 aliphatic rings. The average Bonchev–Trinajstić information content (AvgIpc) is 3.05. The quantitative estimate of drug-likeness (QED) is 0.522. The summed E-state index contributed by atoms with van der Waals surface area (Å²) in [4.78, 5) is 29.4. The molecule has 7 heteroatoms. The Kier molecular flexibility index (Phi) is 4.46. The Balaban J connectivity index is 1.80. The van der Waals surface area contributed by atoms with Gasteiger partial charge >= 0.3 is 5.97 Å². The molecule has 1 saturated heterocycles. The summed E-state index contributed by atoms with van der Waals surface area (Å²) in [5, 5.41) is 0.595. The van der Waals surface area contributed by atoms with Crippen molar-refractivity contribution >= 4 is 28.6 Å². The van der Waals surface area contributed by atoms with Gasteiger partial charge in [0.25, 0.3) is 5.56 Å². The molecule has 132 valence electrons. The molecular weight excluding hydrogens is 355 g/mol. The Morgan fingerprint density at radius 3 is 2.65 bits per heavy atom. The number of halogens is 1. The summed E-state index contributed by atoms with van der Waals surface area (Å²) in [5.41, 5.74) is 1.18. The topological polar surface area (TPSA) is 61.2 Å². The molecule has 1 fully saturated rings. The fourth-order valence-electron chi connectivity index (χ4n) is 2.86. The number of cyclic esters (lactones) is 1. The number of carbonyl (C=O) groups excluding carboxylic acids is 1. The van der Waals surface area contributed by atoms with Crippen LogP contribution < -0.4 is 5.56 Å². The molecule has 0 spiro atoms. The summed E-state index contributed by atoms with van der Waals surface area (Å²) in [6.45, 7) is 0.632. The zero-order valence-electron chi connectivity index (χ0n) is 13.7. The third-order valence-corrected chi connectivity index (χ3v) is 5.45. The first kappa shape index (κ1) is 16.8. The van der Waals surface area contributed by atoms with Gasteiger partial charge in [-0.15, -0.1) is 0 Å². The first-order chi connectivity index (χ1) is 12.6. The van der Waals surface area contributed by atoms with Crippen LogP contribution >= 0.6 is 11.8 Å². The summed E-state index contributed by atoms with van der Waals surface area (Å²) in [6, 6.07) is 13.1. The van der Waals surface area contributed by atoms with Gasteiger partial charge in [0, 0.05) is 6.42 Å². The molecule has 0 aliphatic carbocycles. The van der Waals surface area contributed by atoms with Crippen LogP contribution in [-0.2, 0) is 16.1 Å². The van der Waals surface area contributed by atoms with Crippen LogP contribution in [0, 0.1) is 5.82 Å². The highest BCUT2D eigenvalue weighted by molar-refractivity contribution is 8.00. The number of nitrogens with zero attached hydrogens (tertiary/aromatic N) is 2. The van der Waals surface area contributed by atoms with Gasteiger partial charge in [0.1, 0.15) is 11.1 Å². The number of aromatic nitrogens is 2. The number of carbonyl (C=O) groups is 1. The van der Waals surface area contributed by atoms with Crippen molar-refractivity contribution in [2.24, 2.45) is 0 Å². The molecule has 1 aromatic heterocycles. The van der Waals surface area contributed by atoms with Crippen LogP contribution in [0.1, 0.15) is 12.0 Å². The Labute approximate surface area is 152 Å². The van der Waals surface area contributed by atoms with E-state index in [0.29, 0.717) is 29.1 Å². The highest BCUT2D eigenvalue weighted by atomic mass is 32.2. The maximum Gasteiger partial charge on any atom is 0.319 e. The largest absolute Gasteiger partial charge is 0.465 e. The Bertz CT molecular complexity index is 1030. The van der Waals surface area contributed by atoms with Gasteiger partial charge in [-0.3, -0.25) is 14.2 Å². The van der Waals surface area contributed by atoms with Crippen molar-refractivity contribution in [3.63, 3.8) is 0 Å². The molecule has 1 aliphatic heterocycles. The van der Waals surface area contributed by atoms with Crippen LogP contribution in [0.4, 0.5) is 4.39 Å². The summed E-state index contributed by atoms with van der Waals surface area (Å²) >= 11 is 1.24. The van der Waals surface area contributed by atoms with Gasteiger partial charge in [0.05, 0.1) is 24.1 Å². The van der Waals surface area contributed by atoms with Gasteiger partial charge in [-0.2, -0.15) is 0 Å². The minimum atomic E-state index is -0.373. The molecular formula is C19H15FN2O3S. The van der Waals surface area contributed by atoms with E-state index >= 15 is 0 Å². The van der Waals surface area contributed by atoms with E-state index in [9.17, 15) is 14.0 Å². The normalized spacial score (nSPS) is 16.8. The highest BCUT2D eigenvalue weighted by Crippen LogP contribution is 2.29. The van der Waals surface area contributed by atoms with Gasteiger partial charge in [-0.1, -0.05) is 36.0 Å². The van der Waals surface area contributed by atoms with E-state index < -0.39 is 0 Å². The number of esters is 1. The molecule has 0 unspecified atom stereocenters. The van der Waals surface area contributed by atoms with E-state index in [0.717, 1.165) is 5.56 Å². The summed E-state index contributed by atoms with van der Waals surface area (Å²) in [5.74, 6) is -0.619. The standard InChI is InChI=1S/C19H15FN2O3S/c20-13-7-5-12(6-8-13)11-22-17(23)14-3-1-2-4-15(14)21-19(22)26-16-9-10-25-18(16)24/h1-8,16H,9-11H2/t16-/m0/s1. The van der Waals surface area contributed by atoms with Crippen LogP contribution in [0.15, 0.2) is 58.5 Å². The predicted octanol–water partition coefficient (Wildman–Crippen LogP) is 2.99. The van der Waals surface area contributed by atoms with Crippen molar-refractivity contribution in [1.29, 1.82) is 0 Å². The molecule has 5 nitrogen and oxygen atoms in total. The van der Waals surface area contributed by atoms with Crippen LogP contribution in [0.25, 0.3) is 10.9 Å². The SMILES string of the molecule is O=C1OCC[C@@H]1Sc1nc2ccccc2c(=O)n1Cc1ccc(F)cc1. The van der Waals surface area contributed by atoms with Crippen molar-refractivity contribution in [3.05, 3.63) is 70.3 Å². The number of thioether (sulfide) groups is 1. The Hall–Kier alpha value is -2.67. The number of benzene rings is 2. The Morgan fingerprint density at radius 1 is 1.15 bits per heavy atom. The van der Waals surface area contributed by atoms with Crippen molar-refractivity contribution in [2.75, 3.05) is 6.61 Å². The molecule has 2 aromatic carbocycles. The van der Waals surface area contributed by atoms with Crippen molar-refractivity contribution in [2.45, 2.75) is 23.4 Å². The van der Waals surface area contributed by atoms with E-state index in [1.165, 1.54) is 28.5 Å². The van der Waals surface area contributed by atoms with E-state index in [1.807, 2.05) is 6.07 Å². The molecule has 0 amide bonds. The van der Waals surface area contributed by atoms with E-state index in [-0.39, 0.29) is 29.1 Å². The van der Waals surface area contributed by atoms with Crippen LogP contribution in [0.2, 0.25) is 0 Å². The molecule has 1 atom stereocenters. The number of rotatable bonds is 4. The molecule has 0 N–H and O–H groups in total. The number of hydrogen-bond acceptors (Lipinski definition) is 5. The van der Waals surface area contributed by atoms with Crippen molar-refractivity contribution in [3.8, 4) is 0 Å². The molecule has 2 heterocycles. The summed E-state index contributed by atoms with van der Waals surface area (Å²) < 4.78 is 19.7. The third kappa shape index (κ3) is 3.22. The lowest BCUT2D eigenvalue weighted by atomic mass is 10.2. The molecule has 0 radical (unpaired) electrons. The van der Waals surface area contributed by atoms with Gasteiger partial charge in [0.2, 0.25) is 0 Å². The van der Waals surface area contributed by atoms with E-state index in [4.69, 9.17) is 4.74 Å². The fourth-order valence-corrected chi connectivity index (χ4v) is 3.92. The lowest BCUT2D eigenvalue weighted by Gasteiger charge is -2.14. The fraction of sp³-hybridized carbons (Fsp3) is 0.211. The van der Waals surface area contributed by atoms with Crippen molar-refractivity contribution in [1.82, 2.24) is 9.55 Å². The number of fused-ring (bicyclic) bond motifs is 1. The van der Waals surface area contributed by atoms with Gasteiger partial charge in [-0.25, -0.2) is 9.37 Å². The lowest BCUT2D eigenvalue weighted by molar-refractivity contribution is -0.137. The molecule has 0 bridgehead atoms. The highest BCUT2D eigenvalue weighted by Gasteiger charge is 2.29. The molecule has 4 rings (SSSR count). The van der Waals surface area contributed by atoms with E-state index in [2.05, 4.69) is 4.98 Å². The second-order valence-corrected chi connectivity index (χ2v) is 7.16. The van der Waals surface area contributed by atoms with E-state index in [1.54, 1.807) is 30.3 Å². The first-order valence-corrected chi connectivity index (χ1v) is 9.07. The second-order valence-electron chi connectivity index (χ2n) is 5.99. The zero-order valence-corrected chi connectivity index (χ0v) is 14.5. The van der Waals surface area contributed by atoms with Crippen molar-refractivity contribution < 1.29 is 13.9 Å². The Morgan fingerprint density at radius 2 is 1.92 bits per heavy atom. The van der Waals surface area contributed by atoms with Crippen LogP contribution in [0.3, 0.4) is 0 Å². The van der Waals surface area contributed by atoms with Crippen LogP contribution in [-0.4, -0.2) is 27.4 Å². The molecule has 0 saturated carbocycles. The second kappa shape index (κ2) is 6.92. The molecule has 3 aromatic rings. The monoisotopic (exact) mass is 370 g/mol. The first-order valence-electron chi connectivity index (χ1n) is 8.19. The van der Waals surface area contributed by atoms with Gasteiger partial charge < -0.3 is 4.74 Å². The van der Waals surface area contributed by atoms with Crippen LogP contribution in [0.5, 0.6) is 0 Å². The summed E-state index contributed by atoms with van der Waals surface area (Å²) in [6.07, 6.45) is 0.586. The minimum Gasteiger partial charge on any atom is -0.465 e. The lowest BCUT2D eigenvalue weighted by Crippen LogP contribution is -2.25. The minimum absolute atomic E-state index is 0.186. The maximum atomic E-state index is 13.2. The number of para-hydroxylation sites is 1. The number of hydrogen-bond donors (Lipinski definition) is 0. The van der Waals surface area contributed by atoms with Gasteiger partial charge in [-0.05, 0) is 29.8 Å². The summed E-state index contributed by atoms with van der Waals surface area (Å²) in [7, 11) is 0. The maximum absolute atomic E-state index is 13.2. The predicted molar refractivity (Wildman–Crippen MR) is 96.7 cm³/mol. The van der Waals surface area contributed by atoms with Gasteiger partial charge in [0.15, 0.2) is 5.16 Å². The zero-order chi connectivity index (χ0) is 18.1. The molecule has 26 heavy (non-hydrogen) atoms.